The lowest BCUT2D eigenvalue weighted by molar-refractivity contribution is -0.385. The van der Waals surface area contributed by atoms with Gasteiger partial charge < -0.3 is 10.4 Å². The van der Waals surface area contributed by atoms with Crippen LogP contribution in [0.15, 0.2) is 84.0 Å². The van der Waals surface area contributed by atoms with Crippen molar-refractivity contribution in [3.63, 3.8) is 0 Å². The number of carbonyl (C=O) groups excluding carboxylic acids is 2. The van der Waals surface area contributed by atoms with Crippen LogP contribution in [0.5, 0.6) is 5.75 Å². The van der Waals surface area contributed by atoms with Gasteiger partial charge in [-0.05, 0) is 28.8 Å². The predicted octanol–water partition coefficient (Wildman–Crippen LogP) is 2.70. The Morgan fingerprint density at radius 1 is 1.00 bits per heavy atom. The molecule has 32 heavy (non-hydrogen) atoms. The summed E-state index contributed by atoms with van der Waals surface area (Å²) in [4.78, 5) is 34.9. The average molecular weight is 432 g/mol. The fourth-order valence-electron chi connectivity index (χ4n) is 3.05. The Morgan fingerprint density at radius 3 is 2.12 bits per heavy atom. The molecule has 0 aliphatic heterocycles. The number of rotatable bonds is 8. The van der Waals surface area contributed by atoms with Gasteiger partial charge in [-0.1, -0.05) is 60.7 Å². The van der Waals surface area contributed by atoms with E-state index in [0.29, 0.717) is 5.56 Å². The lowest BCUT2D eigenvalue weighted by atomic mass is 9.90. The van der Waals surface area contributed by atoms with Crippen molar-refractivity contribution in [2.24, 2.45) is 5.10 Å². The first-order valence-corrected chi connectivity index (χ1v) is 9.62. The highest BCUT2D eigenvalue weighted by Crippen LogP contribution is 2.26. The summed E-state index contributed by atoms with van der Waals surface area (Å²) >= 11 is 0. The Balaban J connectivity index is 1.59. The summed E-state index contributed by atoms with van der Waals surface area (Å²) in [6.45, 7) is -0.294. The second-order valence-corrected chi connectivity index (χ2v) is 6.77. The molecule has 0 unspecified atom stereocenters. The van der Waals surface area contributed by atoms with Gasteiger partial charge >= 0.3 is 5.69 Å². The first-order valence-electron chi connectivity index (χ1n) is 9.62. The van der Waals surface area contributed by atoms with E-state index in [-0.39, 0.29) is 12.5 Å². The number of nitro benzene ring substituents is 1. The zero-order valence-corrected chi connectivity index (χ0v) is 16.8. The third-order valence-corrected chi connectivity index (χ3v) is 4.55. The second kappa shape index (κ2) is 10.5. The monoisotopic (exact) mass is 432 g/mol. The third kappa shape index (κ3) is 5.76. The van der Waals surface area contributed by atoms with Gasteiger partial charge in [-0.3, -0.25) is 19.7 Å². The zero-order valence-electron chi connectivity index (χ0n) is 16.8. The van der Waals surface area contributed by atoms with Gasteiger partial charge in [-0.25, -0.2) is 5.43 Å². The molecular formula is C23H20N4O5. The maximum atomic E-state index is 12.9. The molecule has 162 valence electrons. The minimum atomic E-state index is -0.709. The molecule has 0 saturated heterocycles. The van der Waals surface area contributed by atoms with E-state index in [1.807, 2.05) is 60.7 Å². The van der Waals surface area contributed by atoms with E-state index in [0.717, 1.165) is 23.3 Å². The Morgan fingerprint density at radius 2 is 1.59 bits per heavy atom. The zero-order chi connectivity index (χ0) is 22.9. The van der Waals surface area contributed by atoms with Crippen molar-refractivity contribution in [1.82, 2.24) is 10.7 Å². The number of aromatic hydroxyl groups is 1. The summed E-state index contributed by atoms with van der Waals surface area (Å²) in [5, 5.41) is 26.7. The van der Waals surface area contributed by atoms with Crippen molar-refractivity contribution >= 4 is 23.7 Å². The lowest BCUT2D eigenvalue weighted by Gasteiger charge is -2.17. The van der Waals surface area contributed by atoms with E-state index in [4.69, 9.17) is 0 Å². The molecule has 3 rings (SSSR count). The van der Waals surface area contributed by atoms with Crippen LogP contribution in [0.25, 0.3) is 0 Å². The largest absolute Gasteiger partial charge is 0.502 e. The molecule has 0 atom stereocenters. The quantitative estimate of drug-likeness (QED) is 0.286. The van der Waals surface area contributed by atoms with Gasteiger partial charge in [0.2, 0.25) is 5.91 Å². The maximum absolute atomic E-state index is 12.9. The number of phenols is 1. The molecular weight excluding hydrogens is 412 g/mol. The van der Waals surface area contributed by atoms with Crippen LogP contribution in [-0.4, -0.2) is 34.6 Å². The SMILES string of the molecule is O=C(CNC(=O)C(c1ccccc1)c1ccccc1)N/N=C\c1ccc([N+](=O)[O-])c(O)c1. The highest BCUT2D eigenvalue weighted by Gasteiger charge is 2.22. The number of hydrogen-bond donors (Lipinski definition) is 3. The van der Waals surface area contributed by atoms with Crippen LogP contribution in [-0.2, 0) is 9.59 Å². The van der Waals surface area contributed by atoms with Gasteiger partial charge in [0.15, 0.2) is 5.75 Å². The molecule has 9 nitrogen and oxygen atoms in total. The first kappa shape index (κ1) is 22.2. The highest BCUT2D eigenvalue weighted by molar-refractivity contribution is 5.91. The van der Waals surface area contributed by atoms with E-state index in [1.54, 1.807) is 0 Å². The van der Waals surface area contributed by atoms with E-state index < -0.39 is 28.2 Å². The molecule has 0 aliphatic carbocycles. The van der Waals surface area contributed by atoms with Crippen LogP contribution in [0, 0.1) is 10.1 Å². The molecule has 3 N–H and O–H groups in total. The topological polar surface area (TPSA) is 134 Å². The van der Waals surface area contributed by atoms with Crippen LogP contribution in [0.3, 0.4) is 0 Å². The molecule has 9 heteroatoms. The Hall–Kier alpha value is -4.53. The summed E-state index contributed by atoms with van der Waals surface area (Å²) in [5.74, 6) is -1.97. The molecule has 0 fully saturated rings. The molecule has 0 heterocycles. The standard InChI is InChI=1S/C23H20N4O5/c28-20-13-16(11-12-19(20)27(31)32)14-25-26-21(29)15-24-23(30)22(17-7-3-1-4-8-17)18-9-5-2-6-10-18/h1-14,22,28H,15H2,(H,24,30)(H,26,29)/b25-14-. The minimum absolute atomic E-state index is 0.294. The number of carbonyl (C=O) groups is 2. The smallest absolute Gasteiger partial charge is 0.310 e. The van der Waals surface area contributed by atoms with Crippen molar-refractivity contribution in [2.45, 2.75) is 5.92 Å². The van der Waals surface area contributed by atoms with Gasteiger partial charge in [-0.15, -0.1) is 0 Å². The fourth-order valence-corrected chi connectivity index (χ4v) is 3.05. The van der Waals surface area contributed by atoms with Crippen LogP contribution in [0.2, 0.25) is 0 Å². The number of nitro groups is 1. The molecule has 0 aliphatic rings. The van der Waals surface area contributed by atoms with E-state index in [1.165, 1.54) is 12.3 Å². The lowest BCUT2D eigenvalue weighted by Crippen LogP contribution is -2.37. The second-order valence-electron chi connectivity index (χ2n) is 6.77. The highest BCUT2D eigenvalue weighted by atomic mass is 16.6. The molecule has 2 amide bonds. The summed E-state index contributed by atoms with van der Waals surface area (Å²) in [7, 11) is 0. The summed E-state index contributed by atoms with van der Waals surface area (Å²) < 4.78 is 0. The summed E-state index contributed by atoms with van der Waals surface area (Å²) in [6, 6.07) is 22.1. The van der Waals surface area contributed by atoms with Gasteiger partial charge in [0.05, 0.1) is 23.6 Å². The van der Waals surface area contributed by atoms with E-state index >= 15 is 0 Å². The third-order valence-electron chi connectivity index (χ3n) is 4.55. The molecule has 0 saturated carbocycles. The Bertz CT molecular complexity index is 1090. The summed E-state index contributed by atoms with van der Waals surface area (Å²) in [5.41, 5.74) is 3.78. The van der Waals surface area contributed by atoms with Gasteiger partial charge in [0.25, 0.3) is 5.91 Å². The van der Waals surface area contributed by atoms with Crippen molar-refractivity contribution < 1.29 is 19.6 Å². The van der Waals surface area contributed by atoms with Crippen LogP contribution < -0.4 is 10.7 Å². The molecule has 0 spiro atoms. The van der Waals surface area contributed by atoms with Crippen LogP contribution in [0.1, 0.15) is 22.6 Å². The number of amides is 2. The average Bonchev–Trinajstić information content (AvgIpc) is 2.79. The summed E-state index contributed by atoms with van der Waals surface area (Å²) in [6.07, 6.45) is 1.22. The molecule has 3 aromatic carbocycles. The molecule has 0 bridgehead atoms. The molecule has 3 aromatic rings. The van der Waals surface area contributed by atoms with Crippen molar-refractivity contribution in [1.29, 1.82) is 0 Å². The molecule has 0 radical (unpaired) electrons. The predicted molar refractivity (Wildman–Crippen MR) is 118 cm³/mol. The Kier molecular flexibility index (Phi) is 7.26. The van der Waals surface area contributed by atoms with Crippen molar-refractivity contribution in [3.8, 4) is 5.75 Å². The Labute approximate surface area is 183 Å². The van der Waals surface area contributed by atoms with Gasteiger partial charge in [0.1, 0.15) is 0 Å². The number of hydrogen-bond acceptors (Lipinski definition) is 6. The number of nitrogens with one attached hydrogen (secondary N) is 2. The number of benzene rings is 3. The van der Waals surface area contributed by atoms with Crippen LogP contribution >= 0.6 is 0 Å². The number of nitrogens with zero attached hydrogens (tertiary/aromatic N) is 2. The normalized spacial score (nSPS) is 10.8. The van der Waals surface area contributed by atoms with E-state index in [2.05, 4.69) is 15.8 Å². The van der Waals surface area contributed by atoms with E-state index in [9.17, 15) is 24.8 Å². The van der Waals surface area contributed by atoms with Crippen molar-refractivity contribution in [2.75, 3.05) is 6.54 Å². The van der Waals surface area contributed by atoms with Crippen LogP contribution in [0.4, 0.5) is 5.69 Å². The number of hydrazone groups is 1. The fraction of sp³-hybridized carbons (Fsp3) is 0.0870. The van der Waals surface area contributed by atoms with Gasteiger partial charge in [-0.2, -0.15) is 5.10 Å². The van der Waals surface area contributed by atoms with Gasteiger partial charge in [0, 0.05) is 6.07 Å². The first-order chi connectivity index (χ1) is 15.5. The maximum Gasteiger partial charge on any atom is 0.310 e. The number of phenolic OH excluding ortho intramolecular Hbond substituents is 1. The van der Waals surface area contributed by atoms with Crippen molar-refractivity contribution in [3.05, 3.63) is 106 Å². The minimum Gasteiger partial charge on any atom is -0.502 e. The molecule has 0 aromatic heterocycles.